The third-order valence-electron chi connectivity index (χ3n) is 2.35. The second-order valence-electron chi connectivity index (χ2n) is 3.52. The molecule has 1 aromatic carbocycles. The van der Waals surface area contributed by atoms with E-state index in [0.717, 1.165) is 16.5 Å². The first-order valence-corrected chi connectivity index (χ1v) is 4.94. The molecule has 1 aromatic heterocycles. The molecule has 4 heteroatoms. The van der Waals surface area contributed by atoms with Crippen LogP contribution < -0.4 is 0 Å². The van der Waals surface area contributed by atoms with Crippen LogP contribution in [-0.4, -0.2) is 16.1 Å². The second kappa shape index (κ2) is 3.59. The number of carboxylic acid groups (broad SMARTS) is 1. The number of fused-ring (bicyclic) bond motifs is 1. The summed E-state index contributed by atoms with van der Waals surface area (Å²) in [5.74, 6) is -0.852. The van der Waals surface area contributed by atoms with Crippen molar-refractivity contribution in [2.24, 2.45) is 0 Å². The third kappa shape index (κ3) is 1.83. The predicted octanol–water partition coefficient (Wildman–Crippen LogP) is 2.76. The lowest BCUT2D eigenvalue weighted by Gasteiger charge is -1.96. The number of H-pyrrole nitrogens is 1. The zero-order valence-electron chi connectivity index (χ0n) is 8.17. The Balaban J connectivity index is 2.59. The van der Waals surface area contributed by atoms with E-state index in [1.54, 1.807) is 6.07 Å². The predicted molar refractivity (Wildman–Crippen MR) is 59.4 cm³/mol. The Morgan fingerprint density at radius 2 is 2.27 bits per heavy atom. The number of hydrogen-bond acceptors (Lipinski definition) is 1. The molecule has 0 amide bonds. The number of halogens is 1. The van der Waals surface area contributed by atoms with Crippen molar-refractivity contribution in [1.29, 1.82) is 0 Å². The van der Waals surface area contributed by atoms with Crippen LogP contribution in [0.15, 0.2) is 18.2 Å². The molecule has 0 saturated heterocycles. The summed E-state index contributed by atoms with van der Waals surface area (Å²) in [7, 11) is 0. The highest BCUT2D eigenvalue weighted by Crippen LogP contribution is 2.26. The summed E-state index contributed by atoms with van der Waals surface area (Å²) < 4.78 is 0. The van der Waals surface area contributed by atoms with E-state index in [1.807, 2.05) is 19.1 Å². The Bertz CT molecular complexity index is 492. The van der Waals surface area contributed by atoms with Crippen LogP contribution in [0.4, 0.5) is 0 Å². The van der Waals surface area contributed by atoms with Gasteiger partial charge in [0.15, 0.2) is 0 Å². The molecule has 0 bridgehead atoms. The fourth-order valence-electron chi connectivity index (χ4n) is 1.64. The van der Waals surface area contributed by atoms with Crippen molar-refractivity contribution in [1.82, 2.24) is 4.98 Å². The smallest absolute Gasteiger partial charge is 0.309 e. The van der Waals surface area contributed by atoms with Gasteiger partial charge in [-0.2, -0.15) is 0 Å². The summed E-state index contributed by atoms with van der Waals surface area (Å²) in [5.41, 5.74) is 2.65. The lowest BCUT2D eigenvalue weighted by Crippen LogP contribution is -1.99. The minimum atomic E-state index is -0.852. The quantitative estimate of drug-likeness (QED) is 0.823. The Kier molecular flexibility index (Phi) is 2.40. The summed E-state index contributed by atoms with van der Waals surface area (Å²) in [5, 5.41) is 10.2. The molecule has 0 aliphatic heterocycles. The van der Waals surface area contributed by atoms with Crippen LogP contribution in [0, 0.1) is 6.92 Å². The summed E-state index contributed by atoms with van der Waals surface area (Å²) in [6.45, 7) is 1.96. The van der Waals surface area contributed by atoms with Crippen LogP contribution in [0.25, 0.3) is 10.9 Å². The molecule has 2 N–H and O–H groups in total. The largest absolute Gasteiger partial charge is 0.481 e. The van der Waals surface area contributed by atoms with Crippen LogP contribution in [0.2, 0.25) is 5.02 Å². The molecule has 0 saturated carbocycles. The van der Waals surface area contributed by atoms with E-state index in [-0.39, 0.29) is 6.42 Å². The van der Waals surface area contributed by atoms with Gasteiger partial charge in [0.25, 0.3) is 0 Å². The Morgan fingerprint density at radius 1 is 1.53 bits per heavy atom. The second-order valence-corrected chi connectivity index (χ2v) is 3.93. The average Bonchev–Trinajstić information content (AvgIpc) is 2.55. The van der Waals surface area contributed by atoms with Gasteiger partial charge in [-0.05, 0) is 24.6 Å². The van der Waals surface area contributed by atoms with E-state index in [4.69, 9.17) is 16.7 Å². The number of carbonyl (C=O) groups is 1. The molecule has 0 aliphatic rings. The fraction of sp³-hybridized carbons (Fsp3) is 0.182. The van der Waals surface area contributed by atoms with Crippen LogP contribution in [-0.2, 0) is 11.2 Å². The highest BCUT2D eigenvalue weighted by atomic mass is 35.5. The molecule has 2 rings (SSSR count). The van der Waals surface area contributed by atoms with Gasteiger partial charge in [0.2, 0.25) is 0 Å². The van der Waals surface area contributed by atoms with Crippen LogP contribution >= 0.6 is 11.6 Å². The Morgan fingerprint density at radius 3 is 2.87 bits per heavy atom. The molecule has 1 heterocycles. The number of carboxylic acids is 1. The zero-order chi connectivity index (χ0) is 11.0. The maximum Gasteiger partial charge on any atom is 0.309 e. The standard InChI is InChI=1S/C11H10ClNO2/c1-6-2-3-9(12)8-4-7(5-10(14)15)13-11(6)8/h2-4,13H,5H2,1H3,(H,14,15). The number of aromatic nitrogens is 1. The van der Waals surface area contributed by atoms with Crippen LogP contribution in [0.1, 0.15) is 11.3 Å². The van der Waals surface area contributed by atoms with Crippen molar-refractivity contribution in [3.8, 4) is 0 Å². The van der Waals surface area contributed by atoms with Crippen LogP contribution in [0.3, 0.4) is 0 Å². The lowest BCUT2D eigenvalue weighted by atomic mass is 10.1. The maximum atomic E-state index is 10.6. The van der Waals surface area contributed by atoms with Gasteiger partial charge >= 0.3 is 5.97 Å². The fourth-order valence-corrected chi connectivity index (χ4v) is 1.85. The normalized spacial score (nSPS) is 10.8. The number of rotatable bonds is 2. The molecule has 3 nitrogen and oxygen atoms in total. The molecule has 0 fully saturated rings. The molecule has 2 aromatic rings. The summed E-state index contributed by atoms with van der Waals surface area (Å²) in [4.78, 5) is 13.6. The van der Waals surface area contributed by atoms with Crippen molar-refractivity contribution in [2.75, 3.05) is 0 Å². The molecular weight excluding hydrogens is 214 g/mol. The minimum absolute atomic E-state index is 0.00948. The number of nitrogens with one attached hydrogen (secondary N) is 1. The number of aliphatic carboxylic acids is 1. The van der Waals surface area contributed by atoms with Gasteiger partial charge in [0, 0.05) is 16.1 Å². The van der Waals surface area contributed by atoms with Gasteiger partial charge in [-0.3, -0.25) is 4.79 Å². The van der Waals surface area contributed by atoms with E-state index in [1.165, 1.54) is 0 Å². The van der Waals surface area contributed by atoms with Crippen molar-refractivity contribution in [2.45, 2.75) is 13.3 Å². The van der Waals surface area contributed by atoms with Gasteiger partial charge in [0.1, 0.15) is 0 Å². The van der Waals surface area contributed by atoms with E-state index >= 15 is 0 Å². The SMILES string of the molecule is Cc1ccc(Cl)c2cc(CC(=O)O)[nH]c12. The number of aryl methyl sites for hydroxylation is 1. The summed E-state index contributed by atoms with van der Waals surface area (Å²) in [6.07, 6.45) is -0.00948. The molecule has 0 atom stereocenters. The third-order valence-corrected chi connectivity index (χ3v) is 2.68. The molecular formula is C11H10ClNO2. The maximum absolute atomic E-state index is 10.6. The lowest BCUT2D eigenvalue weighted by molar-refractivity contribution is -0.136. The van der Waals surface area contributed by atoms with E-state index in [0.29, 0.717) is 10.7 Å². The monoisotopic (exact) mass is 223 g/mol. The molecule has 0 unspecified atom stereocenters. The molecule has 15 heavy (non-hydrogen) atoms. The van der Waals surface area contributed by atoms with E-state index in [2.05, 4.69) is 4.98 Å². The topological polar surface area (TPSA) is 53.1 Å². The summed E-state index contributed by atoms with van der Waals surface area (Å²) in [6, 6.07) is 5.52. The molecule has 78 valence electrons. The molecule has 0 radical (unpaired) electrons. The van der Waals surface area contributed by atoms with E-state index < -0.39 is 5.97 Å². The molecule has 0 aliphatic carbocycles. The van der Waals surface area contributed by atoms with Gasteiger partial charge < -0.3 is 10.1 Å². The van der Waals surface area contributed by atoms with Gasteiger partial charge in [-0.25, -0.2) is 0 Å². The van der Waals surface area contributed by atoms with Gasteiger partial charge in [-0.15, -0.1) is 0 Å². The highest BCUT2D eigenvalue weighted by Gasteiger charge is 2.08. The van der Waals surface area contributed by atoms with Crippen LogP contribution in [0.5, 0.6) is 0 Å². The van der Waals surface area contributed by atoms with Crippen molar-refractivity contribution >= 4 is 28.5 Å². The van der Waals surface area contributed by atoms with E-state index in [9.17, 15) is 4.79 Å². The first kappa shape index (κ1) is 10.1. The van der Waals surface area contributed by atoms with Gasteiger partial charge in [-0.1, -0.05) is 17.7 Å². The first-order valence-electron chi connectivity index (χ1n) is 4.56. The van der Waals surface area contributed by atoms with Gasteiger partial charge in [0.05, 0.1) is 11.9 Å². The molecule has 0 spiro atoms. The van der Waals surface area contributed by atoms with Crippen molar-refractivity contribution in [3.63, 3.8) is 0 Å². The zero-order valence-corrected chi connectivity index (χ0v) is 8.93. The minimum Gasteiger partial charge on any atom is -0.481 e. The van der Waals surface area contributed by atoms with Crippen molar-refractivity contribution in [3.05, 3.63) is 34.5 Å². The average molecular weight is 224 g/mol. The highest BCUT2D eigenvalue weighted by molar-refractivity contribution is 6.35. The number of aromatic amines is 1. The summed E-state index contributed by atoms with van der Waals surface area (Å²) >= 11 is 6.01. The van der Waals surface area contributed by atoms with Crippen molar-refractivity contribution < 1.29 is 9.90 Å². The number of hydrogen-bond donors (Lipinski definition) is 2. The Labute approximate surface area is 91.7 Å². The Hall–Kier alpha value is -1.48. The first-order chi connectivity index (χ1) is 7.08. The number of benzene rings is 1.